The van der Waals surface area contributed by atoms with Crippen LogP contribution in [0.3, 0.4) is 0 Å². The van der Waals surface area contributed by atoms with Crippen LogP contribution in [0.4, 0.5) is 0 Å². The molecule has 0 spiro atoms. The van der Waals surface area contributed by atoms with Crippen molar-refractivity contribution in [2.75, 3.05) is 0 Å². The van der Waals surface area contributed by atoms with Crippen molar-refractivity contribution < 1.29 is 4.79 Å². The fraction of sp³-hybridized carbons (Fsp3) is 0.353. The number of carbonyl (C=O) groups excluding carboxylic acids is 1. The molecule has 2 heteroatoms. The highest BCUT2D eigenvalue weighted by Crippen LogP contribution is 2.40. The average Bonchev–Trinajstić information content (AvgIpc) is 2.47. The summed E-state index contributed by atoms with van der Waals surface area (Å²) in [6.45, 7) is 2.16. The SMILES string of the molecule is CCCCC1(N=C=O)CC=CC=C1c1ccccc1. The smallest absolute Gasteiger partial charge is 0.211 e. The summed E-state index contributed by atoms with van der Waals surface area (Å²) in [7, 11) is 0. The maximum atomic E-state index is 10.9. The maximum Gasteiger partial charge on any atom is 0.235 e. The predicted octanol–water partition coefficient (Wildman–Crippen LogP) is 4.29. The Kier molecular flexibility index (Phi) is 4.48. The van der Waals surface area contributed by atoms with Gasteiger partial charge in [-0.3, -0.25) is 0 Å². The van der Waals surface area contributed by atoms with Crippen molar-refractivity contribution in [1.82, 2.24) is 0 Å². The van der Waals surface area contributed by atoms with Gasteiger partial charge in [0.15, 0.2) is 0 Å². The number of unbranched alkanes of at least 4 members (excludes halogenated alkanes) is 1. The van der Waals surface area contributed by atoms with Crippen LogP contribution in [-0.4, -0.2) is 11.6 Å². The molecule has 0 aliphatic heterocycles. The molecule has 1 aliphatic carbocycles. The van der Waals surface area contributed by atoms with Gasteiger partial charge in [0.25, 0.3) is 0 Å². The summed E-state index contributed by atoms with van der Waals surface area (Å²) in [4.78, 5) is 15.1. The summed E-state index contributed by atoms with van der Waals surface area (Å²) in [5.74, 6) is 0. The van der Waals surface area contributed by atoms with Gasteiger partial charge >= 0.3 is 0 Å². The Morgan fingerprint density at radius 2 is 2.11 bits per heavy atom. The largest absolute Gasteiger partial charge is 0.235 e. The second-order valence-corrected chi connectivity index (χ2v) is 4.92. The van der Waals surface area contributed by atoms with Gasteiger partial charge in [-0.15, -0.1) is 0 Å². The quantitative estimate of drug-likeness (QED) is 0.568. The number of isocyanates is 1. The van der Waals surface area contributed by atoms with Gasteiger partial charge in [-0.05, 0) is 24.0 Å². The first-order valence-corrected chi connectivity index (χ1v) is 6.84. The Bertz CT molecular complexity index is 523. The molecule has 0 bridgehead atoms. The van der Waals surface area contributed by atoms with Crippen molar-refractivity contribution in [3.63, 3.8) is 0 Å². The summed E-state index contributed by atoms with van der Waals surface area (Å²) in [6.07, 6.45) is 11.8. The van der Waals surface area contributed by atoms with Crippen LogP contribution < -0.4 is 0 Å². The molecule has 0 saturated heterocycles. The van der Waals surface area contributed by atoms with Crippen LogP contribution in [-0.2, 0) is 4.79 Å². The lowest BCUT2D eigenvalue weighted by Gasteiger charge is -2.32. The molecule has 1 aromatic rings. The highest BCUT2D eigenvalue weighted by molar-refractivity contribution is 5.77. The Hall–Kier alpha value is -1.92. The molecule has 1 atom stereocenters. The van der Waals surface area contributed by atoms with Crippen molar-refractivity contribution >= 4 is 11.7 Å². The molecule has 2 nitrogen and oxygen atoms in total. The van der Waals surface area contributed by atoms with Gasteiger partial charge in [-0.25, -0.2) is 4.79 Å². The van der Waals surface area contributed by atoms with E-state index < -0.39 is 5.54 Å². The van der Waals surface area contributed by atoms with Gasteiger partial charge in [0.2, 0.25) is 6.08 Å². The van der Waals surface area contributed by atoms with Crippen molar-refractivity contribution in [3.8, 4) is 0 Å². The highest BCUT2D eigenvalue weighted by atomic mass is 16.1. The molecule has 0 radical (unpaired) electrons. The van der Waals surface area contributed by atoms with Crippen LogP contribution in [0, 0.1) is 0 Å². The second-order valence-electron chi connectivity index (χ2n) is 4.92. The predicted molar refractivity (Wildman–Crippen MR) is 78.6 cm³/mol. The summed E-state index contributed by atoms with van der Waals surface area (Å²) in [6, 6.07) is 10.2. The molecule has 0 aromatic heterocycles. The summed E-state index contributed by atoms with van der Waals surface area (Å²) >= 11 is 0. The Balaban J connectivity index is 2.43. The Labute approximate surface area is 114 Å². The Morgan fingerprint density at radius 3 is 2.79 bits per heavy atom. The third-order valence-electron chi connectivity index (χ3n) is 3.64. The van der Waals surface area contributed by atoms with Gasteiger partial charge < -0.3 is 0 Å². The zero-order valence-corrected chi connectivity index (χ0v) is 11.3. The molecular weight excluding hydrogens is 234 g/mol. The molecule has 0 saturated carbocycles. The van der Waals surface area contributed by atoms with Crippen LogP contribution in [0.5, 0.6) is 0 Å². The monoisotopic (exact) mass is 253 g/mol. The average molecular weight is 253 g/mol. The van der Waals surface area contributed by atoms with Crippen molar-refractivity contribution in [3.05, 3.63) is 54.1 Å². The first kappa shape index (κ1) is 13.5. The van der Waals surface area contributed by atoms with E-state index in [1.807, 2.05) is 24.3 Å². The van der Waals surface area contributed by atoms with E-state index in [0.29, 0.717) is 0 Å². The lowest BCUT2D eigenvalue weighted by molar-refractivity contribution is 0.475. The second kappa shape index (κ2) is 6.31. The van der Waals surface area contributed by atoms with Crippen LogP contribution in [0.2, 0.25) is 0 Å². The normalized spacial score (nSPS) is 21.6. The molecule has 1 aliphatic rings. The minimum absolute atomic E-state index is 0.423. The zero-order chi connectivity index (χ0) is 13.6. The minimum atomic E-state index is -0.423. The van der Waals surface area contributed by atoms with E-state index in [1.165, 1.54) is 0 Å². The Morgan fingerprint density at radius 1 is 1.32 bits per heavy atom. The number of hydrogen-bond acceptors (Lipinski definition) is 2. The fourth-order valence-electron chi connectivity index (χ4n) is 2.63. The molecule has 0 N–H and O–H groups in total. The highest BCUT2D eigenvalue weighted by Gasteiger charge is 2.34. The topological polar surface area (TPSA) is 29.4 Å². The molecular formula is C17H19NO. The number of allylic oxidation sites excluding steroid dienone is 2. The third-order valence-corrected chi connectivity index (χ3v) is 3.64. The van der Waals surface area contributed by atoms with Gasteiger partial charge in [0.05, 0.1) is 0 Å². The summed E-state index contributed by atoms with van der Waals surface area (Å²) in [5, 5.41) is 0. The van der Waals surface area contributed by atoms with Gasteiger partial charge in [-0.1, -0.05) is 68.3 Å². The molecule has 98 valence electrons. The molecule has 0 fully saturated rings. The molecule has 19 heavy (non-hydrogen) atoms. The standard InChI is InChI=1S/C17H19NO/c1-2-3-12-17(18-14-19)13-8-7-11-16(17)15-9-5-4-6-10-15/h4-11H,2-3,12-13H2,1H3. The van der Waals surface area contributed by atoms with Crippen LogP contribution in [0.1, 0.15) is 38.2 Å². The lowest BCUT2D eigenvalue weighted by Crippen LogP contribution is -2.29. The van der Waals surface area contributed by atoms with Crippen LogP contribution >= 0.6 is 0 Å². The van der Waals surface area contributed by atoms with Gasteiger partial charge in [0.1, 0.15) is 5.54 Å². The molecule has 0 amide bonds. The van der Waals surface area contributed by atoms with E-state index in [4.69, 9.17) is 0 Å². The fourth-order valence-corrected chi connectivity index (χ4v) is 2.63. The maximum absolute atomic E-state index is 10.9. The first-order chi connectivity index (χ1) is 9.32. The van der Waals surface area contributed by atoms with E-state index in [9.17, 15) is 4.79 Å². The van der Waals surface area contributed by atoms with Crippen molar-refractivity contribution in [1.29, 1.82) is 0 Å². The third kappa shape index (κ3) is 2.91. The number of nitrogens with zero attached hydrogens (tertiary/aromatic N) is 1. The van der Waals surface area contributed by atoms with E-state index in [-0.39, 0.29) is 0 Å². The van der Waals surface area contributed by atoms with Crippen molar-refractivity contribution in [2.45, 2.75) is 38.1 Å². The summed E-state index contributed by atoms with van der Waals surface area (Å²) in [5.41, 5.74) is 1.85. The number of benzene rings is 1. The van der Waals surface area contributed by atoms with E-state index in [1.54, 1.807) is 6.08 Å². The van der Waals surface area contributed by atoms with Gasteiger partial charge in [-0.2, -0.15) is 4.99 Å². The van der Waals surface area contributed by atoms with Gasteiger partial charge in [0, 0.05) is 0 Å². The van der Waals surface area contributed by atoms with Crippen LogP contribution in [0.25, 0.3) is 5.57 Å². The van der Waals surface area contributed by atoms with Crippen LogP contribution in [0.15, 0.2) is 53.6 Å². The van der Waals surface area contributed by atoms with Crippen molar-refractivity contribution in [2.24, 2.45) is 4.99 Å². The molecule has 0 heterocycles. The first-order valence-electron chi connectivity index (χ1n) is 6.84. The molecule has 2 rings (SSSR count). The van der Waals surface area contributed by atoms with E-state index in [0.717, 1.165) is 36.8 Å². The summed E-state index contributed by atoms with van der Waals surface area (Å²) < 4.78 is 0. The van der Waals surface area contributed by atoms with E-state index >= 15 is 0 Å². The minimum Gasteiger partial charge on any atom is -0.211 e. The molecule has 1 unspecified atom stereocenters. The van der Waals surface area contributed by atoms with E-state index in [2.05, 4.69) is 36.2 Å². The number of hydrogen-bond donors (Lipinski definition) is 0. The number of aliphatic imine (C=N–C) groups is 1. The lowest BCUT2D eigenvalue weighted by atomic mass is 9.76. The molecule has 1 aromatic carbocycles. The number of rotatable bonds is 5. The zero-order valence-electron chi connectivity index (χ0n) is 11.3.